The summed E-state index contributed by atoms with van der Waals surface area (Å²) in [6.07, 6.45) is 3.32. The third-order valence-electron chi connectivity index (χ3n) is 3.13. The van der Waals surface area contributed by atoms with E-state index in [2.05, 4.69) is 6.92 Å². The molecule has 1 fully saturated rings. The molecule has 1 amide bonds. The van der Waals surface area contributed by atoms with E-state index in [0.717, 1.165) is 25.8 Å². The first kappa shape index (κ1) is 11.5. The van der Waals surface area contributed by atoms with E-state index in [-0.39, 0.29) is 5.91 Å². The number of nitrogens with zero attached hydrogens (tertiary/aromatic N) is 1. The summed E-state index contributed by atoms with van der Waals surface area (Å²) < 4.78 is 5.21. The Kier molecular flexibility index (Phi) is 3.53. The number of likely N-dealkylation sites (tertiary alicyclic amines) is 1. The summed E-state index contributed by atoms with van der Waals surface area (Å²) >= 11 is 0. The molecule has 0 aliphatic carbocycles. The van der Waals surface area contributed by atoms with Gasteiger partial charge in [0.25, 0.3) is 5.91 Å². The average Bonchev–Trinajstić information content (AvgIpc) is 2.64. The second-order valence-corrected chi connectivity index (χ2v) is 4.42. The van der Waals surface area contributed by atoms with E-state index in [9.17, 15) is 4.79 Å². The summed E-state index contributed by atoms with van der Waals surface area (Å²) in [4.78, 5) is 14.0. The average molecular weight is 199 g/mol. The van der Waals surface area contributed by atoms with E-state index in [1.54, 1.807) is 7.11 Å². The lowest BCUT2D eigenvalue weighted by Crippen LogP contribution is -2.48. The fourth-order valence-corrected chi connectivity index (χ4v) is 1.96. The van der Waals surface area contributed by atoms with Crippen LogP contribution in [0.1, 0.15) is 40.0 Å². The van der Waals surface area contributed by atoms with E-state index in [0.29, 0.717) is 6.04 Å². The largest absolute Gasteiger partial charge is 0.369 e. The predicted molar refractivity (Wildman–Crippen MR) is 56.1 cm³/mol. The molecule has 14 heavy (non-hydrogen) atoms. The van der Waals surface area contributed by atoms with E-state index in [4.69, 9.17) is 4.74 Å². The molecule has 0 saturated carbocycles. The number of hydrogen-bond acceptors (Lipinski definition) is 2. The molecular weight excluding hydrogens is 178 g/mol. The lowest BCUT2D eigenvalue weighted by Gasteiger charge is -2.31. The van der Waals surface area contributed by atoms with Gasteiger partial charge in [0.15, 0.2) is 0 Å². The SMILES string of the molecule is CCC1CCCN1C(=O)C(C)(C)OC. The van der Waals surface area contributed by atoms with E-state index in [1.165, 1.54) is 0 Å². The van der Waals surface area contributed by atoms with Crippen LogP contribution in [0.2, 0.25) is 0 Å². The van der Waals surface area contributed by atoms with Crippen LogP contribution in [0.15, 0.2) is 0 Å². The van der Waals surface area contributed by atoms with Crippen molar-refractivity contribution >= 4 is 5.91 Å². The third kappa shape index (κ3) is 2.08. The van der Waals surface area contributed by atoms with Crippen LogP contribution in [-0.2, 0) is 9.53 Å². The first-order valence-corrected chi connectivity index (χ1v) is 5.39. The van der Waals surface area contributed by atoms with Crippen molar-refractivity contribution in [3.8, 4) is 0 Å². The quantitative estimate of drug-likeness (QED) is 0.694. The lowest BCUT2D eigenvalue weighted by molar-refractivity contribution is -0.151. The highest BCUT2D eigenvalue weighted by atomic mass is 16.5. The zero-order chi connectivity index (χ0) is 10.8. The van der Waals surface area contributed by atoms with Crippen molar-refractivity contribution in [3.05, 3.63) is 0 Å². The summed E-state index contributed by atoms with van der Waals surface area (Å²) in [7, 11) is 1.59. The molecule has 1 unspecified atom stereocenters. The van der Waals surface area contributed by atoms with Gasteiger partial charge in [-0.25, -0.2) is 0 Å². The van der Waals surface area contributed by atoms with Crippen LogP contribution in [0, 0.1) is 0 Å². The van der Waals surface area contributed by atoms with Gasteiger partial charge in [0.2, 0.25) is 0 Å². The molecule has 0 radical (unpaired) electrons. The number of carbonyl (C=O) groups is 1. The van der Waals surface area contributed by atoms with E-state index < -0.39 is 5.60 Å². The molecule has 1 rings (SSSR count). The maximum atomic E-state index is 12.1. The minimum absolute atomic E-state index is 0.129. The molecular formula is C11H21NO2. The van der Waals surface area contributed by atoms with Crippen molar-refractivity contribution in [3.63, 3.8) is 0 Å². The van der Waals surface area contributed by atoms with Gasteiger partial charge in [0.05, 0.1) is 0 Å². The van der Waals surface area contributed by atoms with Crippen molar-refractivity contribution in [2.75, 3.05) is 13.7 Å². The predicted octanol–water partition coefficient (Wildman–Crippen LogP) is 1.81. The molecule has 1 aliphatic heterocycles. The Morgan fingerprint density at radius 3 is 2.71 bits per heavy atom. The lowest BCUT2D eigenvalue weighted by atomic mass is 10.1. The number of amides is 1. The fourth-order valence-electron chi connectivity index (χ4n) is 1.96. The minimum Gasteiger partial charge on any atom is -0.369 e. The normalized spacial score (nSPS) is 22.9. The Morgan fingerprint density at radius 2 is 2.21 bits per heavy atom. The van der Waals surface area contributed by atoms with Crippen LogP contribution >= 0.6 is 0 Å². The fraction of sp³-hybridized carbons (Fsp3) is 0.909. The number of rotatable bonds is 3. The van der Waals surface area contributed by atoms with Crippen LogP contribution in [0.5, 0.6) is 0 Å². The monoisotopic (exact) mass is 199 g/mol. The third-order valence-corrected chi connectivity index (χ3v) is 3.13. The Hall–Kier alpha value is -0.570. The van der Waals surface area contributed by atoms with Crippen molar-refractivity contribution in [1.29, 1.82) is 0 Å². The van der Waals surface area contributed by atoms with E-state index in [1.807, 2.05) is 18.7 Å². The van der Waals surface area contributed by atoms with Crippen LogP contribution in [0.3, 0.4) is 0 Å². The molecule has 3 heteroatoms. The zero-order valence-corrected chi connectivity index (χ0v) is 9.67. The summed E-state index contributed by atoms with van der Waals surface area (Å²) in [6.45, 7) is 6.70. The summed E-state index contributed by atoms with van der Waals surface area (Å²) in [6, 6.07) is 0.428. The maximum absolute atomic E-state index is 12.1. The van der Waals surface area contributed by atoms with Gasteiger partial charge in [-0.15, -0.1) is 0 Å². The minimum atomic E-state index is -0.669. The van der Waals surface area contributed by atoms with Crippen LogP contribution < -0.4 is 0 Å². The molecule has 1 saturated heterocycles. The molecule has 1 aliphatic rings. The Balaban J connectivity index is 2.69. The molecule has 0 N–H and O–H groups in total. The van der Waals surface area contributed by atoms with E-state index >= 15 is 0 Å². The van der Waals surface area contributed by atoms with Gasteiger partial charge in [-0.1, -0.05) is 6.92 Å². The van der Waals surface area contributed by atoms with Crippen molar-refractivity contribution in [1.82, 2.24) is 4.90 Å². The van der Waals surface area contributed by atoms with Crippen molar-refractivity contribution in [2.45, 2.75) is 51.7 Å². The molecule has 0 spiro atoms. The highest BCUT2D eigenvalue weighted by Crippen LogP contribution is 2.24. The topological polar surface area (TPSA) is 29.5 Å². The molecule has 0 aromatic heterocycles. The van der Waals surface area contributed by atoms with Gasteiger partial charge >= 0.3 is 0 Å². The van der Waals surface area contributed by atoms with Crippen LogP contribution in [-0.4, -0.2) is 36.1 Å². The first-order chi connectivity index (χ1) is 6.53. The molecule has 82 valence electrons. The number of methoxy groups -OCH3 is 1. The van der Waals surface area contributed by atoms with Crippen LogP contribution in [0.4, 0.5) is 0 Å². The van der Waals surface area contributed by atoms with Gasteiger partial charge in [0, 0.05) is 19.7 Å². The van der Waals surface area contributed by atoms with Crippen molar-refractivity contribution < 1.29 is 9.53 Å². The standard InChI is InChI=1S/C11H21NO2/c1-5-9-7-6-8-12(9)10(13)11(2,3)14-4/h9H,5-8H2,1-4H3. The summed E-state index contributed by atoms with van der Waals surface area (Å²) in [5.74, 6) is 0.129. The Morgan fingerprint density at radius 1 is 1.57 bits per heavy atom. The van der Waals surface area contributed by atoms with Crippen LogP contribution in [0.25, 0.3) is 0 Å². The molecule has 1 heterocycles. The highest BCUT2D eigenvalue weighted by molar-refractivity contribution is 5.84. The second kappa shape index (κ2) is 4.30. The number of ether oxygens (including phenoxy) is 1. The summed E-state index contributed by atoms with van der Waals surface area (Å²) in [5.41, 5.74) is -0.669. The van der Waals surface area contributed by atoms with Gasteiger partial charge in [0.1, 0.15) is 5.60 Å². The smallest absolute Gasteiger partial charge is 0.254 e. The molecule has 0 aromatic carbocycles. The van der Waals surface area contributed by atoms with Gasteiger partial charge in [-0.3, -0.25) is 4.79 Å². The van der Waals surface area contributed by atoms with Gasteiger partial charge < -0.3 is 9.64 Å². The Bertz CT molecular complexity index is 213. The first-order valence-electron chi connectivity index (χ1n) is 5.39. The maximum Gasteiger partial charge on any atom is 0.254 e. The highest BCUT2D eigenvalue weighted by Gasteiger charge is 2.36. The molecule has 0 bridgehead atoms. The van der Waals surface area contributed by atoms with Crippen molar-refractivity contribution in [2.24, 2.45) is 0 Å². The molecule has 3 nitrogen and oxygen atoms in total. The Labute approximate surface area is 86.4 Å². The number of hydrogen-bond donors (Lipinski definition) is 0. The zero-order valence-electron chi connectivity index (χ0n) is 9.67. The molecule has 1 atom stereocenters. The van der Waals surface area contributed by atoms with Gasteiger partial charge in [-0.2, -0.15) is 0 Å². The second-order valence-electron chi connectivity index (χ2n) is 4.42. The van der Waals surface area contributed by atoms with Gasteiger partial charge in [-0.05, 0) is 33.1 Å². The number of carbonyl (C=O) groups excluding carboxylic acids is 1. The summed E-state index contributed by atoms with van der Waals surface area (Å²) in [5, 5.41) is 0. The molecule has 0 aromatic rings.